The average molecular weight is 475 g/mol. The SMILES string of the molecule is COc1ccc2c(=O)n(C)c(COCC(O)CN3CCOCC3)c(-c3ccccc3)c2c1.Cl. The highest BCUT2D eigenvalue weighted by molar-refractivity contribution is 5.98. The molecule has 0 amide bonds. The Morgan fingerprint density at radius 2 is 1.82 bits per heavy atom. The summed E-state index contributed by atoms with van der Waals surface area (Å²) in [7, 11) is 3.38. The van der Waals surface area contributed by atoms with E-state index < -0.39 is 6.10 Å². The molecule has 1 fully saturated rings. The van der Waals surface area contributed by atoms with E-state index in [9.17, 15) is 9.90 Å². The minimum Gasteiger partial charge on any atom is -0.497 e. The third kappa shape index (κ3) is 5.75. The zero-order valence-electron chi connectivity index (χ0n) is 19.0. The second-order valence-corrected chi connectivity index (χ2v) is 8.05. The molecule has 178 valence electrons. The van der Waals surface area contributed by atoms with Crippen LogP contribution >= 0.6 is 12.4 Å². The largest absolute Gasteiger partial charge is 0.497 e. The molecule has 0 radical (unpaired) electrons. The number of nitrogens with zero attached hydrogens (tertiary/aromatic N) is 2. The molecule has 1 aliphatic heterocycles. The Kier molecular flexibility index (Phi) is 8.88. The highest BCUT2D eigenvalue weighted by Crippen LogP contribution is 2.33. The van der Waals surface area contributed by atoms with E-state index in [2.05, 4.69) is 4.90 Å². The Morgan fingerprint density at radius 3 is 2.52 bits per heavy atom. The lowest BCUT2D eigenvalue weighted by atomic mass is 9.96. The maximum atomic E-state index is 13.1. The molecule has 1 aliphatic rings. The van der Waals surface area contributed by atoms with Gasteiger partial charge in [-0.3, -0.25) is 9.69 Å². The molecule has 0 spiro atoms. The number of hydrogen-bond donors (Lipinski definition) is 1. The van der Waals surface area contributed by atoms with Gasteiger partial charge in [-0.15, -0.1) is 12.4 Å². The molecule has 8 heteroatoms. The molecule has 4 rings (SSSR count). The fraction of sp³-hybridized carbons (Fsp3) is 0.400. The fourth-order valence-corrected chi connectivity index (χ4v) is 4.19. The molecule has 2 heterocycles. The predicted octanol–water partition coefficient (Wildman–Crippen LogP) is 2.85. The van der Waals surface area contributed by atoms with Gasteiger partial charge in [-0.05, 0) is 23.8 Å². The fourth-order valence-electron chi connectivity index (χ4n) is 4.19. The number of β-amino-alcohol motifs (C(OH)–C–C–N with tert-alkyl or cyclic N) is 1. The first kappa shape index (κ1) is 25.2. The van der Waals surface area contributed by atoms with E-state index in [4.69, 9.17) is 14.2 Å². The number of hydrogen-bond acceptors (Lipinski definition) is 6. The van der Waals surface area contributed by atoms with Crippen molar-refractivity contribution >= 4 is 23.2 Å². The molecule has 7 nitrogen and oxygen atoms in total. The van der Waals surface area contributed by atoms with Gasteiger partial charge in [-0.25, -0.2) is 0 Å². The number of aliphatic hydroxyl groups excluding tert-OH is 1. The molecule has 1 aromatic heterocycles. The first-order valence-electron chi connectivity index (χ1n) is 10.9. The second-order valence-electron chi connectivity index (χ2n) is 8.05. The molecular formula is C25H31ClN2O5. The van der Waals surface area contributed by atoms with Gasteiger partial charge >= 0.3 is 0 Å². The van der Waals surface area contributed by atoms with Crippen molar-refractivity contribution in [3.8, 4) is 16.9 Å². The van der Waals surface area contributed by atoms with Crippen molar-refractivity contribution in [1.29, 1.82) is 0 Å². The summed E-state index contributed by atoms with van der Waals surface area (Å²) in [6.45, 7) is 3.96. The molecule has 3 aromatic rings. The summed E-state index contributed by atoms with van der Waals surface area (Å²) < 4.78 is 18.3. The van der Waals surface area contributed by atoms with Crippen LogP contribution in [0.5, 0.6) is 5.75 Å². The van der Waals surface area contributed by atoms with Gasteiger partial charge in [0.15, 0.2) is 0 Å². The average Bonchev–Trinajstić information content (AvgIpc) is 2.83. The predicted molar refractivity (Wildman–Crippen MR) is 131 cm³/mol. The smallest absolute Gasteiger partial charge is 0.258 e. The second kappa shape index (κ2) is 11.6. The van der Waals surface area contributed by atoms with E-state index in [0.29, 0.717) is 30.9 Å². The van der Waals surface area contributed by atoms with Gasteiger partial charge in [-0.1, -0.05) is 30.3 Å². The van der Waals surface area contributed by atoms with Crippen molar-refractivity contribution in [1.82, 2.24) is 9.47 Å². The molecule has 0 aliphatic carbocycles. The minimum absolute atomic E-state index is 0. The van der Waals surface area contributed by atoms with E-state index in [-0.39, 0.29) is 31.2 Å². The summed E-state index contributed by atoms with van der Waals surface area (Å²) in [6, 6.07) is 15.5. The molecular weight excluding hydrogens is 444 g/mol. The summed E-state index contributed by atoms with van der Waals surface area (Å²) in [5, 5.41) is 11.9. The lowest BCUT2D eigenvalue weighted by molar-refractivity contribution is -0.0182. The lowest BCUT2D eigenvalue weighted by Gasteiger charge is -2.28. The summed E-state index contributed by atoms with van der Waals surface area (Å²) >= 11 is 0. The molecule has 2 aromatic carbocycles. The van der Waals surface area contributed by atoms with E-state index in [1.807, 2.05) is 36.4 Å². The maximum Gasteiger partial charge on any atom is 0.258 e. The van der Waals surface area contributed by atoms with Gasteiger partial charge in [0.1, 0.15) is 5.75 Å². The number of methoxy groups -OCH3 is 1. The normalized spacial score (nSPS) is 15.2. The van der Waals surface area contributed by atoms with Crippen molar-refractivity contribution in [2.75, 3.05) is 46.6 Å². The van der Waals surface area contributed by atoms with Gasteiger partial charge in [0.05, 0.1) is 45.3 Å². The van der Waals surface area contributed by atoms with Crippen LogP contribution in [0.4, 0.5) is 0 Å². The van der Waals surface area contributed by atoms with Crippen molar-refractivity contribution < 1.29 is 19.3 Å². The molecule has 1 atom stereocenters. The van der Waals surface area contributed by atoms with Gasteiger partial charge in [0, 0.05) is 43.0 Å². The maximum absolute atomic E-state index is 13.1. The zero-order valence-corrected chi connectivity index (χ0v) is 19.8. The Morgan fingerprint density at radius 1 is 1.09 bits per heavy atom. The number of halogens is 1. The zero-order chi connectivity index (χ0) is 22.5. The van der Waals surface area contributed by atoms with Gasteiger partial charge < -0.3 is 23.9 Å². The third-order valence-corrected chi connectivity index (χ3v) is 5.91. The first-order valence-corrected chi connectivity index (χ1v) is 10.9. The van der Waals surface area contributed by atoms with Crippen LogP contribution in [0.25, 0.3) is 21.9 Å². The van der Waals surface area contributed by atoms with E-state index in [1.54, 1.807) is 30.9 Å². The van der Waals surface area contributed by atoms with Crippen molar-refractivity contribution in [3.63, 3.8) is 0 Å². The molecule has 0 saturated carbocycles. The van der Waals surface area contributed by atoms with Crippen LogP contribution < -0.4 is 10.3 Å². The van der Waals surface area contributed by atoms with Crippen molar-refractivity contribution in [2.45, 2.75) is 12.7 Å². The highest BCUT2D eigenvalue weighted by atomic mass is 35.5. The first-order chi connectivity index (χ1) is 15.6. The lowest BCUT2D eigenvalue weighted by Crippen LogP contribution is -2.42. The number of benzene rings is 2. The number of morpholine rings is 1. The Hall–Kier alpha value is -2.42. The van der Waals surface area contributed by atoms with Crippen molar-refractivity contribution in [2.24, 2.45) is 7.05 Å². The van der Waals surface area contributed by atoms with Crippen LogP contribution in [0.2, 0.25) is 0 Å². The van der Waals surface area contributed by atoms with Crippen LogP contribution in [0.3, 0.4) is 0 Å². The molecule has 0 bridgehead atoms. The Balaban J connectivity index is 0.00000306. The monoisotopic (exact) mass is 474 g/mol. The number of aliphatic hydroxyl groups is 1. The number of rotatable bonds is 8. The summed E-state index contributed by atoms with van der Waals surface area (Å²) in [4.78, 5) is 15.3. The van der Waals surface area contributed by atoms with E-state index >= 15 is 0 Å². The van der Waals surface area contributed by atoms with Crippen molar-refractivity contribution in [3.05, 3.63) is 64.6 Å². The standard InChI is InChI=1S/C25H30N2O5.ClH/c1-26-23(17-32-16-19(28)15-27-10-12-31-13-11-27)24(18-6-4-3-5-7-18)22-14-20(30-2)8-9-21(22)25(26)29;/h3-9,14,19,28H,10-13,15-17H2,1-2H3;1H. The molecule has 1 N–H and O–H groups in total. The van der Waals surface area contributed by atoms with Crippen LogP contribution in [-0.4, -0.2) is 67.2 Å². The Bertz CT molecular complexity index is 1110. The summed E-state index contributed by atoms with van der Waals surface area (Å²) in [5.74, 6) is 0.690. The van der Waals surface area contributed by atoms with E-state index in [1.165, 1.54) is 0 Å². The summed E-state index contributed by atoms with van der Waals surface area (Å²) in [6.07, 6.45) is -0.606. The highest BCUT2D eigenvalue weighted by Gasteiger charge is 2.19. The summed E-state index contributed by atoms with van der Waals surface area (Å²) in [5.41, 5.74) is 2.61. The van der Waals surface area contributed by atoms with Crippen LogP contribution in [0.1, 0.15) is 5.69 Å². The van der Waals surface area contributed by atoms with E-state index in [0.717, 1.165) is 35.3 Å². The number of aromatic nitrogens is 1. The number of fused-ring (bicyclic) bond motifs is 1. The Labute approximate surface area is 199 Å². The minimum atomic E-state index is -0.606. The van der Waals surface area contributed by atoms with Gasteiger partial charge in [0.25, 0.3) is 5.56 Å². The van der Waals surface area contributed by atoms with Gasteiger partial charge in [-0.2, -0.15) is 0 Å². The van der Waals surface area contributed by atoms with Crippen LogP contribution in [0, 0.1) is 0 Å². The van der Waals surface area contributed by atoms with Crippen LogP contribution in [-0.2, 0) is 23.1 Å². The topological polar surface area (TPSA) is 73.2 Å². The van der Waals surface area contributed by atoms with Gasteiger partial charge in [0.2, 0.25) is 0 Å². The molecule has 1 saturated heterocycles. The molecule has 33 heavy (non-hydrogen) atoms. The third-order valence-electron chi connectivity index (χ3n) is 5.91. The number of pyridine rings is 1. The quantitative estimate of drug-likeness (QED) is 0.541. The molecule has 1 unspecified atom stereocenters. The number of ether oxygens (including phenoxy) is 3. The van der Waals surface area contributed by atoms with Crippen LogP contribution in [0.15, 0.2) is 53.3 Å².